The average molecular weight is 977 g/mol. The van der Waals surface area contributed by atoms with Crippen molar-refractivity contribution in [2.45, 2.75) is 71.4 Å². The van der Waals surface area contributed by atoms with Gasteiger partial charge in [-0.3, -0.25) is 19.5 Å². The molecule has 0 radical (unpaired) electrons. The number of carbonyl (C=O) groups is 1. The third-order valence-corrected chi connectivity index (χ3v) is 13.8. The molecule has 15 heteroatoms. The predicted octanol–water partition coefficient (Wildman–Crippen LogP) is 11.6. The number of unbranched alkanes of at least 4 members (excludes halogenated alkanes) is 1. The highest BCUT2D eigenvalue weighted by molar-refractivity contribution is 6.36. The number of fused-ring (bicyclic) bond motifs is 1. The number of aryl methyl sites for hydroxylation is 2. The molecule has 0 amide bonds. The van der Waals surface area contributed by atoms with Crippen LogP contribution in [0.15, 0.2) is 103 Å². The van der Waals surface area contributed by atoms with Gasteiger partial charge in [-0.05, 0) is 102 Å². The molecular formula is C52H55Cl3F3N5O4. The van der Waals surface area contributed by atoms with Gasteiger partial charge in [0, 0.05) is 122 Å². The van der Waals surface area contributed by atoms with E-state index < -0.39 is 6.36 Å². The van der Waals surface area contributed by atoms with Gasteiger partial charge in [-0.15, -0.1) is 13.2 Å². The summed E-state index contributed by atoms with van der Waals surface area (Å²) in [5.74, 6) is 1.24. The molecule has 354 valence electrons. The maximum atomic E-state index is 13.6. The average Bonchev–Trinajstić information content (AvgIpc) is 3.67. The van der Waals surface area contributed by atoms with Gasteiger partial charge in [-0.25, -0.2) is 0 Å². The number of rotatable bonds is 18. The number of methoxy groups -OCH3 is 1. The monoisotopic (exact) mass is 975 g/mol. The maximum absolute atomic E-state index is 13.6. The van der Waals surface area contributed by atoms with Crippen molar-refractivity contribution in [3.05, 3.63) is 146 Å². The van der Waals surface area contributed by atoms with Crippen LogP contribution in [0, 0.1) is 6.92 Å². The van der Waals surface area contributed by atoms with Gasteiger partial charge in [0.1, 0.15) is 12.4 Å². The zero-order valence-electron chi connectivity index (χ0n) is 37.7. The Kier molecular flexibility index (Phi) is 16.0. The SMILES string of the molecule is COc1ccc(CN2CCNC(C(=O)CCCCn3cc(-c4ccc(OC(F)(F)F)cc4)c4cc(CN5CCN(Cc6c(Cl)cccc6Cl)CC5)ccc43)C2)cc1OCc1ccc(Cl)c(C)c1. The van der Waals surface area contributed by atoms with Crippen LogP contribution in [-0.4, -0.2) is 90.4 Å². The Morgan fingerprint density at radius 3 is 2.15 bits per heavy atom. The van der Waals surface area contributed by atoms with Gasteiger partial charge in [-0.2, -0.15) is 0 Å². The van der Waals surface area contributed by atoms with Gasteiger partial charge >= 0.3 is 6.36 Å². The second kappa shape index (κ2) is 22.1. The van der Waals surface area contributed by atoms with E-state index in [2.05, 4.69) is 53.7 Å². The fraction of sp³-hybridized carbons (Fsp3) is 0.365. The van der Waals surface area contributed by atoms with Crippen LogP contribution in [0.1, 0.15) is 47.1 Å². The van der Waals surface area contributed by atoms with E-state index >= 15 is 0 Å². The summed E-state index contributed by atoms with van der Waals surface area (Å²) in [5, 5.41) is 6.53. The first-order valence-corrected chi connectivity index (χ1v) is 23.8. The topological polar surface area (TPSA) is 71.4 Å². The van der Waals surface area contributed by atoms with Crippen molar-refractivity contribution in [1.82, 2.24) is 24.6 Å². The molecule has 2 aliphatic rings. The second-order valence-electron chi connectivity index (χ2n) is 17.4. The maximum Gasteiger partial charge on any atom is 0.573 e. The number of hydrogen-bond donors (Lipinski definition) is 1. The van der Waals surface area contributed by atoms with Crippen LogP contribution in [0.2, 0.25) is 15.1 Å². The van der Waals surface area contributed by atoms with E-state index in [9.17, 15) is 18.0 Å². The number of nitrogens with zero attached hydrogens (tertiary/aromatic N) is 4. The minimum Gasteiger partial charge on any atom is -0.493 e. The van der Waals surface area contributed by atoms with Crippen LogP contribution < -0.4 is 19.5 Å². The number of Topliss-reactive ketones (excluding diaryl/α,β-unsaturated/α-hetero) is 1. The summed E-state index contributed by atoms with van der Waals surface area (Å²) in [6.45, 7) is 10.8. The molecule has 0 spiro atoms. The highest BCUT2D eigenvalue weighted by Crippen LogP contribution is 2.35. The van der Waals surface area contributed by atoms with Crippen molar-refractivity contribution < 1.29 is 32.2 Å². The van der Waals surface area contributed by atoms with Gasteiger partial charge in [0.25, 0.3) is 0 Å². The van der Waals surface area contributed by atoms with E-state index in [-0.39, 0.29) is 17.6 Å². The van der Waals surface area contributed by atoms with E-state index in [4.69, 9.17) is 44.3 Å². The minimum atomic E-state index is -4.77. The molecule has 1 aromatic heterocycles. The number of ketones is 1. The van der Waals surface area contributed by atoms with Crippen molar-refractivity contribution in [2.24, 2.45) is 0 Å². The first kappa shape index (κ1) is 48.7. The number of hydrogen-bond acceptors (Lipinski definition) is 8. The lowest BCUT2D eigenvalue weighted by Gasteiger charge is -2.35. The van der Waals surface area contributed by atoms with Crippen molar-refractivity contribution in [2.75, 3.05) is 52.9 Å². The second-order valence-corrected chi connectivity index (χ2v) is 18.7. The molecular weight excluding hydrogens is 922 g/mol. The molecule has 2 aliphatic heterocycles. The molecule has 67 heavy (non-hydrogen) atoms. The number of piperazine rings is 2. The Morgan fingerprint density at radius 2 is 1.43 bits per heavy atom. The smallest absolute Gasteiger partial charge is 0.493 e. The standard InChI is InChI=1S/C52H55Cl3F3N5O4/c1-35-26-38(9-16-44(35)53)34-66-51-28-37(11-18-50(51)65-2)30-62-21-19-59-47(33-62)49(64)8-3-4-20-63-32-42(39-12-14-40(15-13-39)67-52(56,57)58)41-27-36(10-17-48(41)63)29-60-22-24-61(25-23-60)31-43-45(54)6-5-7-46(43)55/h5-7,9-18,26-28,32,47,59H,3-4,8,19-25,29-31,33-34H2,1-2H3. The summed E-state index contributed by atoms with van der Waals surface area (Å²) in [6.07, 6.45) is -0.757. The molecule has 6 aromatic rings. The van der Waals surface area contributed by atoms with E-state index in [1.165, 1.54) is 12.1 Å². The minimum absolute atomic E-state index is 0.194. The largest absolute Gasteiger partial charge is 0.573 e. The summed E-state index contributed by atoms with van der Waals surface area (Å²) in [6, 6.07) is 29.7. The fourth-order valence-corrected chi connectivity index (χ4v) is 9.67. The normalized spacial score (nSPS) is 16.4. The summed E-state index contributed by atoms with van der Waals surface area (Å²) < 4.78 is 57.2. The van der Waals surface area contributed by atoms with Crippen molar-refractivity contribution >= 4 is 51.5 Å². The fourth-order valence-electron chi connectivity index (χ4n) is 9.04. The molecule has 1 N–H and O–H groups in total. The number of aromatic nitrogens is 1. The number of alkyl halides is 3. The van der Waals surface area contributed by atoms with Gasteiger partial charge in [0.2, 0.25) is 0 Å². The molecule has 2 saturated heterocycles. The first-order valence-electron chi connectivity index (χ1n) is 22.7. The van der Waals surface area contributed by atoms with Gasteiger partial charge in [0.05, 0.1) is 13.2 Å². The summed E-state index contributed by atoms with van der Waals surface area (Å²) in [7, 11) is 1.63. The summed E-state index contributed by atoms with van der Waals surface area (Å²) >= 11 is 19.1. The van der Waals surface area contributed by atoms with Crippen molar-refractivity contribution in [3.8, 4) is 28.4 Å². The first-order chi connectivity index (χ1) is 32.3. The van der Waals surface area contributed by atoms with Crippen LogP contribution >= 0.6 is 34.8 Å². The highest BCUT2D eigenvalue weighted by atomic mass is 35.5. The zero-order valence-corrected chi connectivity index (χ0v) is 40.0. The molecule has 1 unspecified atom stereocenters. The Hall–Kier alpha value is -4.79. The molecule has 1 atom stereocenters. The summed E-state index contributed by atoms with van der Waals surface area (Å²) in [4.78, 5) is 20.7. The van der Waals surface area contributed by atoms with E-state index in [1.807, 2.05) is 61.5 Å². The van der Waals surface area contributed by atoms with Crippen LogP contribution in [0.5, 0.6) is 17.2 Å². The number of halogens is 6. The molecule has 0 saturated carbocycles. The molecule has 2 fully saturated rings. The molecule has 5 aromatic carbocycles. The van der Waals surface area contributed by atoms with Crippen LogP contribution in [0.25, 0.3) is 22.0 Å². The zero-order chi connectivity index (χ0) is 47.1. The predicted molar refractivity (Wildman–Crippen MR) is 261 cm³/mol. The molecule has 9 nitrogen and oxygen atoms in total. The van der Waals surface area contributed by atoms with E-state index in [1.54, 1.807) is 19.2 Å². The number of benzene rings is 5. The van der Waals surface area contributed by atoms with Crippen LogP contribution in [0.3, 0.4) is 0 Å². The Morgan fingerprint density at radius 1 is 0.746 bits per heavy atom. The lowest BCUT2D eigenvalue weighted by Crippen LogP contribution is -2.53. The molecule has 3 heterocycles. The number of carbonyl (C=O) groups excluding carboxylic acids is 1. The Balaban J connectivity index is 0.878. The van der Waals surface area contributed by atoms with Crippen LogP contribution in [0.4, 0.5) is 13.2 Å². The van der Waals surface area contributed by atoms with Gasteiger partial charge in [0.15, 0.2) is 17.3 Å². The summed E-state index contributed by atoms with van der Waals surface area (Å²) in [5.41, 5.74) is 7.91. The third-order valence-electron chi connectivity index (χ3n) is 12.6. The number of nitrogens with one attached hydrogen (secondary N) is 1. The Labute approximate surface area is 405 Å². The molecule has 0 bridgehead atoms. The third kappa shape index (κ3) is 12.9. The van der Waals surface area contributed by atoms with Crippen molar-refractivity contribution in [1.29, 1.82) is 0 Å². The lowest BCUT2D eigenvalue weighted by atomic mass is 10.0. The van der Waals surface area contributed by atoms with Gasteiger partial charge < -0.3 is 24.1 Å². The molecule has 8 rings (SSSR count). The highest BCUT2D eigenvalue weighted by Gasteiger charge is 2.31. The van der Waals surface area contributed by atoms with Crippen LogP contribution in [-0.2, 0) is 37.6 Å². The lowest BCUT2D eigenvalue weighted by molar-refractivity contribution is -0.274. The van der Waals surface area contributed by atoms with E-state index in [0.717, 1.165) is 101 Å². The van der Waals surface area contributed by atoms with Crippen molar-refractivity contribution in [3.63, 3.8) is 0 Å². The van der Waals surface area contributed by atoms with E-state index in [0.29, 0.717) is 73.7 Å². The van der Waals surface area contributed by atoms with Gasteiger partial charge in [-0.1, -0.05) is 77.3 Å². The quantitative estimate of drug-likeness (QED) is 0.0854. The molecule has 0 aliphatic carbocycles. The number of ether oxygens (including phenoxy) is 3. The Bertz CT molecular complexity index is 2630.